The second kappa shape index (κ2) is 15.0. The summed E-state index contributed by atoms with van der Waals surface area (Å²) in [5.74, 6) is 0.151. The fraction of sp³-hybridized carbons (Fsp3) is 0.0625. The fourth-order valence-corrected chi connectivity index (χ4v) is 7.06. The molecule has 9 heteroatoms. The van der Waals surface area contributed by atoms with Crippen molar-refractivity contribution in [2.24, 2.45) is 0 Å². The Labute approximate surface area is 325 Å². The third kappa shape index (κ3) is 7.20. The highest BCUT2D eigenvalue weighted by Crippen LogP contribution is 2.56. The first kappa shape index (κ1) is 37.1. The minimum Gasteiger partial charge on any atom is -0.248 e. The zero-order valence-corrected chi connectivity index (χ0v) is 30.0. The lowest BCUT2D eigenvalue weighted by Crippen LogP contribution is -2.54. The molecule has 2 aromatic heterocycles. The first-order valence-corrected chi connectivity index (χ1v) is 18.0. The predicted molar refractivity (Wildman–Crippen MR) is 212 cm³/mol. The number of hydrogen-bond donors (Lipinski definition) is 0. The summed E-state index contributed by atoms with van der Waals surface area (Å²) in [5.41, 5.74) is 0.407. The summed E-state index contributed by atoms with van der Waals surface area (Å²) >= 11 is 0. The van der Waals surface area contributed by atoms with E-state index in [1.807, 2.05) is 121 Å². The first-order valence-electron chi connectivity index (χ1n) is 18.0. The predicted octanol–water partition coefficient (Wildman–Crippen LogP) is 13.3. The maximum Gasteiger partial charge on any atom is 0.411 e. The van der Waals surface area contributed by atoms with Gasteiger partial charge in [0.15, 0.2) is 5.82 Å². The molecule has 0 spiro atoms. The maximum absolute atomic E-state index is 15.3. The molecule has 0 unspecified atom stereocenters. The quantitative estimate of drug-likeness (QED) is 0.145. The Kier molecular flexibility index (Phi) is 9.75. The summed E-state index contributed by atoms with van der Waals surface area (Å²) in [6.07, 6.45) is -11.5. The SMILES string of the molecule is FC(F)(F)C(c1ccc(-c2cc(-c3ccccc3)nc(-c3ccccc3)c2)cc1)(c1ccc(-c2nc(-c3ccccc3)cc(-c3ccccc3)n2)cc1)C(F)(F)F. The molecule has 0 aliphatic rings. The minimum atomic E-state index is -5.77. The smallest absolute Gasteiger partial charge is 0.248 e. The lowest BCUT2D eigenvalue weighted by molar-refractivity contribution is -0.288. The first-order chi connectivity index (χ1) is 27.5. The lowest BCUT2D eigenvalue weighted by Gasteiger charge is -2.38. The van der Waals surface area contributed by atoms with Crippen LogP contribution in [0, 0.1) is 0 Å². The van der Waals surface area contributed by atoms with Gasteiger partial charge in [-0.1, -0.05) is 170 Å². The van der Waals surface area contributed by atoms with Crippen LogP contribution in [0.15, 0.2) is 188 Å². The molecule has 0 fully saturated rings. The third-order valence-corrected chi connectivity index (χ3v) is 9.91. The minimum absolute atomic E-state index is 0.151. The van der Waals surface area contributed by atoms with Crippen LogP contribution in [0.25, 0.3) is 67.5 Å². The van der Waals surface area contributed by atoms with Gasteiger partial charge in [0, 0.05) is 27.8 Å². The monoisotopic (exact) mass is 763 g/mol. The Bertz CT molecular complexity index is 2310. The average molecular weight is 764 g/mol. The summed E-state index contributed by atoms with van der Waals surface area (Å²) in [6, 6.07) is 51.1. The molecule has 57 heavy (non-hydrogen) atoms. The van der Waals surface area contributed by atoms with Crippen molar-refractivity contribution < 1.29 is 26.3 Å². The van der Waals surface area contributed by atoms with E-state index in [1.165, 1.54) is 24.3 Å². The van der Waals surface area contributed by atoms with Crippen LogP contribution in [0.1, 0.15) is 11.1 Å². The van der Waals surface area contributed by atoms with Crippen LogP contribution in [0.3, 0.4) is 0 Å². The number of pyridine rings is 1. The van der Waals surface area contributed by atoms with Gasteiger partial charge in [-0.15, -0.1) is 0 Å². The number of alkyl halides is 6. The molecule has 0 atom stereocenters. The molecule has 0 aliphatic carbocycles. The topological polar surface area (TPSA) is 38.7 Å². The van der Waals surface area contributed by atoms with Gasteiger partial charge in [-0.05, 0) is 40.5 Å². The van der Waals surface area contributed by atoms with Crippen molar-refractivity contribution in [2.75, 3.05) is 0 Å². The van der Waals surface area contributed by atoms with E-state index in [4.69, 9.17) is 4.98 Å². The Balaban J connectivity index is 1.22. The van der Waals surface area contributed by atoms with E-state index in [1.54, 1.807) is 18.2 Å². The summed E-state index contributed by atoms with van der Waals surface area (Å²) in [4.78, 5) is 14.2. The van der Waals surface area contributed by atoms with E-state index in [9.17, 15) is 0 Å². The van der Waals surface area contributed by atoms with Crippen LogP contribution >= 0.6 is 0 Å². The fourth-order valence-electron chi connectivity index (χ4n) is 7.06. The second-order valence-corrected chi connectivity index (χ2v) is 13.5. The van der Waals surface area contributed by atoms with E-state index >= 15 is 26.3 Å². The van der Waals surface area contributed by atoms with Crippen molar-refractivity contribution in [3.05, 3.63) is 199 Å². The van der Waals surface area contributed by atoms with E-state index in [0.717, 1.165) is 46.5 Å². The molecule has 0 amide bonds. The van der Waals surface area contributed by atoms with Crippen LogP contribution < -0.4 is 0 Å². The van der Waals surface area contributed by atoms with Gasteiger partial charge in [-0.3, -0.25) is 0 Å². The molecule has 0 radical (unpaired) electrons. The highest BCUT2D eigenvalue weighted by molar-refractivity contribution is 5.77. The van der Waals surface area contributed by atoms with Crippen LogP contribution in [-0.4, -0.2) is 27.3 Å². The van der Waals surface area contributed by atoms with E-state index in [2.05, 4.69) is 9.97 Å². The van der Waals surface area contributed by atoms with Gasteiger partial charge in [-0.2, -0.15) is 26.3 Å². The van der Waals surface area contributed by atoms with Crippen molar-refractivity contribution in [3.63, 3.8) is 0 Å². The Hall–Kier alpha value is -6.87. The van der Waals surface area contributed by atoms with Crippen LogP contribution in [0.4, 0.5) is 26.3 Å². The van der Waals surface area contributed by atoms with Gasteiger partial charge in [-0.25, -0.2) is 15.0 Å². The Morgan fingerprint density at radius 1 is 0.281 bits per heavy atom. The summed E-state index contributed by atoms with van der Waals surface area (Å²) in [6.45, 7) is 0. The van der Waals surface area contributed by atoms with E-state index in [-0.39, 0.29) is 11.4 Å². The van der Waals surface area contributed by atoms with Gasteiger partial charge in [0.05, 0.1) is 22.8 Å². The maximum atomic E-state index is 15.3. The van der Waals surface area contributed by atoms with E-state index < -0.39 is 28.9 Å². The van der Waals surface area contributed by atoms with Crippen molar-refractivity contribution in [2.45, 2.75) is 17.8 Å². The van der Waals surface area contributed by atoms with Crippen molar-refractivity contribution in [3.8, 4) is 67.5 Å². The third-order valence-electron chi connectivity index (χ3n) is 9.91. The second-order valence-electron chi connectivity index (χ2n) is 13.5. The summed E-state index contributed by atoms with van der Waals surface area (Å²) < 4.78 is 91.8. The van der Waals surface area contributed by atoms with Gasteiger partial charge in [0.1, 0.15) is 0 Å². The van der Waals surface area contributed by atoms with Crippen LogP contribution in [-0.2, 0) is 5.41 Å². The summed E-state index contributed by atoms with van der Waals surface area (Å²) in [5, 5.41) is 0. The standard InChI is InChI=1S/C48H31F6N3/c49-47(50,51)46(48(52,53)54,39-25-21-32(22-26-39)38-29-41(33-13-5-1-6-14-33)55-42(30-38)34-15-7-2-8-16-34)40-27-23-37(24-28-40)45-56-43(35-17-9-3-10-18-35)31-44(57-45)36-19-11-4-12-20-36/h1-31H. The van der Waals surface area contributed by atoms with Gasteiger partial charge < -0.3 is 0 Å². The van der Waals surface area contributed by atoms with Crippen molar-refractivity contribution in [1.82, 2.24) is 15.0 Å². The van der Waals surface area contributed by atoms with Gasteiger partial charge >= 0.3 is 12.4 Å². The Morgan fingerprint density at radius 3 is 0.930 bits per heavy atom. The molecular weight excluding hydrogens is 733 g/mol. The van der Waals surface area contributed by atoms with Gasteiger partial charge in [0.25, 0.3) is 0 Å². The molecule has 280 valence electrons. The molecule has 0 saturated carbocycles. The molecule has 0 bridgehead atoms. The number of halogens is 6. The van der Waals surface area contributed by atoms with Crippen LogP contribution in [0.5, 0.6) is 0 Å². The average Bonchev–Trinajstić information content (AvgIpc) is 3.24. The molecule has 2 heterocycles. The molecule has 8 aromatic rings. The number of aromatic nitrogens is 3. The molecule has 0 saturated heterocycles. The normalized spacial score (nSPS) is 12.0. The number of rotatable bonds is 8. The number of hydrogen-bond acceptors (Lipinski definition) is 3. The molecule has 0 N–H and O–H groups in total. The molecular formula is C48H31F6N3. The highest BCUT2D eigenvalue weighted by Gasteiger charge is 2.72. The Morgan fingerprint density at radius 2 is 0.596 bits per heavy atom. The summed E-state index contributed by atoms with van der Waals surface area (Å²) in [7, 11) is 0. The van der Waals surface area contributed by atoms with Crippen LogP contribution in [0.2, 0.25) is 0 Å². The zero-order valence-electron chi connectivity index (χ0n) is 30.0. The lowest BCUT2D eigenvalue weighted by atomic mass is 9.72. The molecule has 6 aromatic carbocycles. The van der Waals surface area contributed by atoms with Crippen molar-refractivity contribution >= 4 is 0 Å². The molecule has 3 nitrogen and oxygen atoms in total. The van der Waals surface area contributed by atoms with Gasteiger partial charge in [0.2, 0.25) is 5.41 Å². The number of benzene rings is 6. The van der Waals surface area contributed by atoms with E-state index in [0.29, 0.717) is 33.9 Å². The largest absolute Gasteiger partial charge is 0.411 e. The molecule has 0 aliphatic heterocycles. The van der Waals surface area contributed by atoms with Crippen molar-refractivity contribution in [1.29, 1.82) is 0 Å². The number of nitrogens with zero attached hydrogens (tertiary/aromatic N) is 3. The highest BCUT2D eigenvalue weighted by atomic mass is 19.4. The zero-order chi connectivity index (χ0) is 39.6. The molecule has 8 rings (SSSR count).